The normalized spacial score (nSPS) is 11.7. The summed E-state index contributed by atoms with van der Waals surface area (Å²) in [5.41, 5.74) is 0.910. The molecular weight excluding hydrogens is 418 g/mol. The van der Waals surface area contributed by atoms with Crippen LogP contribution in [0.25, 0.3) is 16.3 Å². The standard InChI is InChI=1S/C18H18BrN3OS2/c1-21(2)9-10-22(17(23)8-6-14-4-3-11-24-14)18-20-15-7-5-13(19)12-16(15)25-18/h3-8,11-12H,9-10H2,1-2H3/b8-6+. The number of carbonyl (C=O) groups is 1. The Bertz CT molecular complexity index is 887. The van der Waals surface area contributed by atoms with Gasteiger partial charge >= 0.3 is 0 Å². The quantitative estimate of drug-likeness (QED) is 0.525. The molecule has 0 fully saturated rings. The molecule has 25 heavy (non-hydrogen) atoms. The van der Waals surface area contributed by atoms with E-state index in [2.05, 4.69) is 25.8 Å². The number of carbonyl (C=O) groups excluding carboxylic acids is 1. The minimum absolute atomic E-state index is 0.0478. The maximum atomic E-state index is 12.8. The maximum absolute atomic E-state index is 12.8. The van der Waals surface area contributed by atoms with Crippen molar-refractivity contribution >= 4 is 65.9 Å². The molecule has 0 atom stereocenters. The van der Waals surface area contributed by atoms with Gasteiger partial charge in [-0.25, -0.2) is 4.98 Å². The molecule has 1 aromatic carbocycles. The number of fused-ring (bicyclic) bond motifs is 1. The van der Waals surface area contributed by atoms with E-state index in [0.717, 1.165) is 31.2 Å². The van der Waals surface area contributed by atoms with Gasteiger partial charge in [-0.05, 0) is 49.8 Å². The largest absolute Gasteiger partial charge is 0.308 e. The predicted molar refractivity (Wildman–Crippen MR) is 112 cm³/mol. The summed E-state index contributed by atoms with van der Waals surface area (Å²) in [6, 6.07) is 9.94. The maximum Gasteiger partial charge on any atom is 0.252 e. The second-order valence-electron chi connectivity index (χ2n) is 5.75. The Morgan fingerprint density at radius 3 is 2.84 bits per heavy atom. The Kier molecular flexibility index (Phi) is 6.01. The van der Waals surface area contributed by atoms with Crippen LogP contribution in [0.1, 0.15) is 4.88 Å². The van der Waals surface area contributed by atoms with E-state index < -0.39 is 0 Å². The molecule has 2 aromatic heterocycles. The number of anilines is 1. The molecule has 0 N–H and O–H groups in total. The first-order valence-electron chi connectivity index (χ1n) is 7.77. The molecule has 0 radical (unpaired) electrons. The van der Waals surface area contributed by atoms with Gasteiger partial charge in [0.1, 0.15) is 0 Å². The van der Waals surface area contributed by atoms with Crippen LogP contribution in [0.3, 0.4) is 0 Å². The molecule has 7 heteroatoms. The number of aromatic nitrogens is 1. The molecule has 3 aromatic rings. The Morgan fingerprint density at radius 2 is 2.12 bits per heavy atom. The van der Waals surface area contributed by atoms with Crippen molar-refractivity contribution in [2.24, 2.45) is 0 Å². The zero-order valence-electron chi connectivity index (χ0n) is 14.0. The van der Waals surface area contributed by atoms with Gasteiger partial charge in [0.05, 0.1) is 10.2 Å². The molecular formula is C18H18BrN3OS2. The highest BCUT2D eigenvalue weighted by Gasteiger charge is 2.18. The first-order chi connectivity index (χ1) is 12.0. The number of thiazole rings is 1. The summed E-state index contributed by atoms with van der Waals surface area (Å²) in [6.07, 6.45) is 3.49. The number of benzene rings is 1. The van der Waals surface area contributed by atoms with Crippen LogP contribution in [-0.2, 0) is 4.79 Å². The van der Waals surface area contributed by atoms with Gasteiger partial charge in [0.25, 0.3) is 5.91 Å². The van der Waals surface area contributed by atoms with Crippen molar-refractivity contribution in [2.75, 3.05) is 32.1 Å². The van der Waals surface area contributed by atoms with E-state index in [0.29, 0.717) is 6.54 Å². The highest BCUT2D eigenvalue weighted by Crippen LogP contribution is 2.31. The average Bonchev–Trinajstić information content (AvgIpc) is 3.21. The van der Waals surface area contributed by atoms with Crippen LogP contribution in [0.15, 0.2) is 46.3 Å². The average molecular weight is 436 g/mol. The van der Waals surface area contributed by atoms with Crippen LogP contribution < -0.4 is 4.90 Å². The fourth-order valence-corrected chi connectivity index (χ4v) is 4.40. The number of likely N-dealkylation sites (N-methyl/N-ethyl adjacent to an activating group) is 1. The van der Waals surface area contributed by atoms with E-state index in [9.17, 15) is 4.79 Å². The molecule has 130 valence electrons. The van der Waals surface area contributed by atoms with E-state index in [-0.39, 0.29) is 5.91 Å². The summed E-state index contributed by atoms with van der Waals surface area (Å²) in [7, 11) is 4.00. The van der Waals surface area contributed by atoms with Crippen LogP contribution >= 0.6 is 38.6 Å². The van der Waals surface area contributed by atoms with E-state index in [1.807, 2.05) is 55.9 Å². The van der Waals surface area contributed by atoms with Gasteiger partial charge in [-0.3, -0.25) is 9.69 Å². The first-order valence-corrected chi connectivity index (χ1v) is 10.3. The monoisotopic (exact) mass is 435 g/mol. The van der Waals surface area contributed by atoms with Gasteiger partial charge in [-0.2, -0.15) is 0 Å². The van der Waals surface area contributed by atoms with Gasteiger partial charge < -0.3 is 4.90 Å². The number of thiophene rings is 1. The van der Waals surface area contributed by atoms with E-state index >= 15 is 0 Å². The first kappa shape index (κ1) is 18.3. The second kappa shape index (κ2) is 8.23. The molecule has 1 amide bonds. The Labute approximate surface area is 163 Å². The lowest BCUT2D eigenvalue weighted by Gasteiger charge is -2.20. The zero-order valence-corrected chi connectivity index (χ0v) is 17.2. The van der Waals surface area contributed by atoms with E-state index in [1.54, 1.807) is 22.3 Å². The molecule has 0 saturated carbocycles. The van der Waals surface area contributed by atoms with Gasteiger partial charge in [0.15, 0.2) is 5.13 Å². The summed E-state index contributed by atoms with van der Waals surface area (Å²) < 4.78 is 2.08. The molecule has 0 spiro atoms. The van der Waals surface area contributed by atoms with Gasteiger partial charge in [0.2, 0.25) is 0 Å². The number of hydrogen-bond acceptors (Lipinski definition) is 5. The Morgan fingerprint density at radius 1 is 1.28 bits per heavy atom. The fourth-order valence-electron chi connectivity index (χ4n) is 2.23. The van der Waals surface area contributed by atoms with Crippen molar-refractivity contribution in [1.82, 2.24) is 9.88 Å². The van der Waals surface area contributed by atoms with Gasteiger partial charge in [0, 0.05) is 28.5 Å². The van der Waals surface area contributed by atoms with E-state index in [1.165, 1.54) is 11.3 Å². The summed E-state index contributed by atoms with van der Waals surface area (Å²) >= 11 is 6.64. The van der Waals surface area contributed by atoms with Crippen LogP contribution in [0.5, 0.6) is 0 Å². The van der Waals surface area contributed by atoms with Crippen molar-refractivity contribution in [3.05, 3.63) is 51.1 Å². The summed E-state index contributed by atoms with van der Waals surface area (Å²) in [5, 5.41) is 2.73. The third-order valence-corrected chi connectivity index (χ3v) is 5.91. The van der Waals surface area contributed by atoms with E-state index in [4.69, 9.17) is 0 Å². The lowest BCUT2D eigenvalue weighted by atomic mass is 10.3. The number of amides is 1. The third-order valence-electron chi connectivity index (χ3n) is 3.54. The minimum atomic E-state index is -0.0478. The Hall–Kier alpha value is -1.54. The third kappa shape index (κ3) is 4.76. The molecule has 3 rings (SSSR count). The van der Waals surface area contributed by atoms with Gasteiger partial charge in [-0.1, -0.05) is 33.3 Å². The molecule has 0 bridgehead atoms. The van der Waals surface area contributed by atoms with Crippen molar-refractivity contribution < 1.29 is 4.79 Å². The van der Waals surface area contributed by atoms with Crippen molar-refractivity contribution in [2.45, 2.75) is 0 Å². The number of halogens is 1. The molecule has 0 saturated heterocycles. The predicted octanol–water partition coefficient (Wildman–Crippen LogP) is 4.73. The molecule has 0 unspecified atom stereocenters. The molecule has 0 aliphatic carbocycles. The molecule has 0 aliphatic heterocycles. The van der Waals surface area contributed by atoms with Crippen molar-refractivity contribution in [1.29, 1.82) is 0 Å². The fraction of sp³-hybridized carbons (Fsp3) is 0.222. The van der Waals surface area contributed by atoms with Crippen LogP contribution in [0.2, 0.25) is 0 Å². The SMILES string of the molecule is CN(C)CCN(C(=O)/C=C/c1cccs1)c1nc2ccc(Br)cc2s1. The molecule has 4 nitrogen and oxygen atoms in total. The molecule has 0 aliphatic rings. The molecule has 2 heterocycles. The van der Waals surface area contributed by atoms with Crippen LogP contribution in [0, 0.1) is 0 Å². The van der Waals surface area contributed by atoms with Crippen LogP contribution in [0.4, 0.5) is 5.13 Å². The smallest absolute Gasteiger partial charge is 0.252 e. The lowest BCUT2D eigenvalue weighted by molar-refractivity contribution is -0.114. The lowest BCUT2D eigenvalue weighted by Crippen LogP contribution is -2.35. The summed E-state index contributed by atoms with van der Waals surface area (Å²) in [4.78, 5) is 22.3. The topological polar surface area (TPSA) is 36.4 Å². The van der Waals surface area contributed by atoms with Crippen molar-refractivity contribution in [3.63, 3.8) is 0 Å². The minimum Gasteiger partial charge on any atom is -0.308 e. The van der Waals surface area contributed by atoms with Crippen LogP contribution in [-0.4, -0.2) is 43.0 Å². The summed E-state index contributed by atoms with van der Waals surface area (Å²) in [6.45, 7) is 1.37. The number of hydrogen-bond donors (Lipinski definition) is 0. The highest BCUT2D eigenvalue weighted by atomic mass is 79.9. The highest BCUT2D eigenvalue weighted by molar-refractivity contribution is 9.10. The second-order valence-corrected chi connectivity index (χ2v) is 8.65. The zero-order chi connectivity index (χ0) is 17.8. The van der Waals surface area contributed by atoms with Gasteiger partial charge in [-0.15, -0.1) is 11.3 Å². The Balaban J connectivity index is 1.88. The number of nitrogens with zero attached hydrogens (tertiary/aromatic N) is 3. The van der Waals surface area contributed by atoms with Crippen molar-refractivity contribution in [3.8, 4) is 0 Å². The summed E-state index contributed by atoms with van der Waals surface area (Å²) in [5.74, 6) is -0.0478. The number of rotatable bonds is 6.